The van der Waals surface area contributed by atoms with Crippen molar-refractivity contribution in [3.8, 4) is 0 Å². The maximum Gasteiger partial charge on any atom is 0.0576 e. The van der Waals surface area contributed by atoms with Crippen molar-refractivity contribution in [2.24, 2.45) is 0 Å². The van der Waals surface area contributed by atoms with Crippen LogP contribution in [0.2, 0.25) is 0 Å². The van der Waals surface area contributed by atoms with Gasteiger partial charge < -0.3 is 9.64 Å². The molecule has 0 amide bonds. The van der Waals surface area contributed by atoms with Crippen LogP contribution in [0.3, 0.4) is 0 Å². The van der Waals surface area contributed by atoms with Crippen molar-refractivity contribution in [1.29, 1.82) is 0 Å². The molecule has 0 saturated carbocycles. The average Bonchev–Trinajstić information content (AvgIpc) is 2.69. The highest BCUT2D eigenvalue weighted by Crippen LogP contribution is 2.17. The molecule has 0 aromatic rings. The maximum absolute atomic E-state index is 5.79. The van der Waals surface area contributed by atoms with Crippen LogP contribution in [0.5, 0.6) is 0 Å². The van der Waals surface area contributed by atoms with Gasteiger partial charge in [-0.1, -0.05) is 0 Å². The van der Waals surface area contributed by atoms with Gasteiger partial charge in [0.05, 0.1) is 6.10 Å². The molecule has 0 radical (unpaired) electrons. The molecule has 0 aromatic heterocycles. The van der Waals surface area contributed by atoms with Crippen LogP contribution in [-0.2, 0) is 4.74 Å². The molecule has 0 aliphatic carbocycles. The van der Waals surface area contributed by atoms with Crippen molar-refractivity contribution >= 4 is 11.6 Å². The summed E-state index contributed by atoms with van der Waals surface area (Å²) in [4.78, 5) is 2.32. The SMILES string of the molecule is CC(CCl)N(C)CCCC1CCCO1. The zero-order valence-electron chi connectivity index (χ0n) is 9.34. The second kappa shape index (κ2) is 6.65. The van der Waals surface area contributed by atoms with E-state index < -0.39 is 0 Å². The van der Waals surface area contributed by atoms with Crippen LogP contribution < -0.4 is 0 Å². The lowest BCUT2D eigenvalue weighted by molar-refractivity contribution is 0.0987. The Bertz CT molecular complexity index is 148. The summed E-state index contributed by atoms with van der Waals surface area (Å²) in [6, 6.07) is 0.487. The molecule has 1 aliphatic rings. The lowest BCUT2D eigenvalue weighted by atomic mass is 10.1. The predicted octanol–water partition coefficient (Wildman–Crippen LogP) is 2.50. The molecule has 0 N–H and O–H groups in total. The molecule has 14 heavy (non-hydrogen) atoms. The third-order valence-electron chi connectivity index (χ3n) is 3.04. The maximum atomic E-state index is 5.79. The molecule has 84 valence electrons. The van der Waals surface area contributed by atoms with Crippen LogP contribution in [0.15, 0.2) is 0 Å². The van der Waals surface area contributed by atoms with E-state index in [-0.39, 0.29) is 0 Å². The fraction of sp³-hybridized carbons (Fsp3) is 1.00. The van der Waals surface area contributed by atoms with E-state index in [1.165, 1.54) is 25.7 Å². The molecule has 2 unspecified atom stereocenters. The molecule has 3 heteroatoms. The van der Waals surface area contributed by atoms with Crippen molar-refractivity contribution in [3.05, 3.63) is 0 Å². The molecular formula is C11H22ClNO. The van der Waals surface area contributed by atoms with Gasteiger partial charge in [0.25, 0.3) is 0 Å². The fourth-order valence-electron chi connectivity index (χ4n) is 1.78. The van der Waals surface area contributed by atoms with Gasteiger partial charge in [0.2, 0.25) is 0 Å². The van der Waals surface area contributed by atoms with E-state index in [0.717, 1.165) is 19.0 Å². The molecule has 1 aliphatic heterocycles. The molecule has 1 saturated heterocycles. The van der Waals surface area contributed by atoms with Gasteiger partial charge in [-0.25, -0.2) is 0 Å². The van der Waals surface area contributed by atoms with Crippen molar-refractivity contribution in [2.45, 2.75) is 44.8 Å². The summed E-state index contributed by atoms with van der Waals surface area (Å²) in [5.41, 5.74) is 0. The van der Waals surface area contributed by atoms with Gasteiger partial charge in [0.15, 0.2) is 0 Å². The van der Waals surface area contributed by atoms with Gasteiger partial charge in [-0.3, -0.25) is 0 Å². The molecule has 2 atom stereocenters. The number of rotatable bonds is 6. The first-order valence-electron chi connectivity index (χ1n) is 5.62. The van der Waals surface area contributed by atoms with Crippen molar-refractivity contribution in [1.82, 2.24) is 4.90 Å². The number of halogens is 1. The summed E-state index contributed by atoms with van der Waals surface area (Å²) >= 11 is 5.79. The molecule has 1 fully saturated rings. The number of ether oxygens (including phenoxy) is 1. The van der Waals surface area contributed by atoms with Gasteiger partial charge in [0, 0.05) is 18.5 Å². The number of hydrogen-bond acceptors (Lipinski definition) is 2. The van der Waals surface area contributed by atoms with Gasteiger partial charge in [0.1, 0.15) is 0 Å². The van der Waals surface area contributed by atoms with E-state index in [4.69, 9.17) is 16.3 Å². The van der Waals surface area contributed by atoms with E-state index in [1.54, 1.807) is 0 Å². The van der Waals surface area contributed by atoms with Crippen LogP contribution in [0.4, 0.5) is 0 Å². The highest BCUT2D eigenvalue weighted by molar-refractivity contribution is 6.18. The van der Waals surface area contributed by atoms with Crippen LogP contribution >= 0.6 is 11.6 Å². The minimum absolute atomic E-state index is 0.487. The fourth-order valence-corrected chi connectivity index (χ4v) is 2.01. The molecule has 2 nitrogen and oxygen atoms in total. The van der Waals surface area contributed by atoms with Crippen LogP contribution in [0.25, 0.3) is 0 Å². The highest BCUT2D eigenvalue weighted by atomic mass is 35.5. The Kier molecular flexibility index (Phi) is 5.83. The van der Waals surface area contributed by atoms with E-state index in [1.807, 2.05) is 0 Å². The van der Waals surface area contributed by atoms with Crippen LogP contribution in [0.1, 0.15) is 32.6 Å². The molecule has 0 bridgehead atoms. The van der Waals surface area contributed by atoms with E-state index >= 15 is 0 Å². The first-order chi connectivity index (χ1) is 6.74. The molecular weight excluding hydrogens is 198 g/mol. The Morgan fingerprint density at radius 1 is 1.57 bits per heavy atom. The van der Waals surface area contributed by atoms with Crippen molar-refractivity contribution < 1.29 is 4.74 Å². The van der Waals surface area contributed by atoms with E-state index in [0.29, 0.717) is 12.1 Å². The number of alkyl halides is 1. The Labute approximate surface area is 92.6 Å². The van der Waals surface area contributed by atoms with Crippen molar-refractivity contribution in [2.75, 3.05) is 26.1 Å². The largest absolute Gasteiger partial charge is 0.378 e. The van der Waals surface area contributed by atoms with Crippen LogP contribution in [0, 0.1) is 0 Å². The summed E-state index contributed by atoms with van der Waals surface area (Å²) in [5.74, 6) is 0.719. The number of hydrogen-bond donors (Lipinski definition) is 0. The standard InChI is InChI=1S/C11H22ClNO/c1-10(9-12)13(2)7-3-5-11-6-4-8-14-11/h10-11H,3-9H2,1-2H3. The van der Waals surface area contributed by atoms with Gasteiger partial charge in [-0.15, -0.1) is 11.6 Å². The Morgan fingerprint density at radius 3 is 2.93 bits per heavy atom. The van der Waals surface area contributed by atoms with Crippen molar-refractivity contribution in [3.63, 3.8) is 0 Å². The lowest BCUT2D eigenvalue weighted by Gasteiger charge is -2.23. The second-order valence-corrected chi connectivity index (χ2v) is 4.57. The van der Waals surface area contributed by atoms with E-state index in [2.05, 4.69) is 18.9 Å². The average molecular weight is 220 g/mol. The molecule has 1 rings (SSSR count). The summed E-state index contributed by atoms with van der Waals surface area (Å²) in [5, 5.41) is 0. The quantitative estimate of drug-likeness (QED) is 0.637. The molecule has 0 aromatic carbocycles. The van der Waals surface area contributed by atoms with Gasteiger partial charge in [-0.2, -0.15) is 0 Å². The first-order valence-corrected chi connectivity index (χ1v) is 6.15. The van der Waals surface area contributed by atoms with E-state index in [9.17, 15) is 0 Å². The third-order valence-corrected chi connectivity index (χ3v) is 3.48. The Balaban J connectivity index is 2.02. The molecule has 1 heterocycles. The lowest BCUT2D eigenvalue weighted by Crippen LogP contribution is -2.31. The molecule has 0 spiro atoms. The first kappa shape index (κ1) is 12.3. The minimum atomic E-state index is 0.487. The topological polar surface area (TPSA) is 12.5 Å². The zero-order valence-corrected chi connectivity index (χ0v) is 10.1. The summed E-state index contributed by atoms with van der Waals surface area (Å²) in [7, 11) is 2.14. The predicted molar refractivity (Wildman–Crippen MR) is 61.0 cm³/mol. The van der Waals surface area contributed by atoms with Gasteiger partial charge in [-0.05, 0) is 46.2 Å². The monoisotopic (exact) mass is 219 g/mol. The zero-order chi connectivity index (χ0) is 10.4. The highest BCUT2D eigenvalue weighted by Gasteiger charge is 2.15. The Hall–Kier alpha value is 0.210. The smallest absolute Gasteiger partial charge is 0.0576 e. The third kappa shape index (κ3) is 4.16. The summed E-state index contributed by atoms with van der Waals surface area (Å²) in [6.45, 7) is 4.27. The normalized spacial score (nSPS) is 24.4. The number of nitrogens with zero attached hydrogens (tertiary/aromatic N) is 1. The van der Waals surface area contributed by atoms with Crippen LogP contribution in [-0.4, -0.2) is 43.1 Å². The summed E-state index contributed by atoms with van der Waals surface area (Å²) < 4.78 is 5.58. The second-order valence-electron chi connectivity index (χ2n) is 4.26. The minimum Gasteiger partial charge on any atom is -0.378 e. The summed E-state index contributed by atoms with van der Waals surface area (Å²) in [6.07, 6.45) is 5.48. The van der Waals surface area contributed by atoms with Gasteiger partial charge >= 0.3 is 0 Å². The Morgan fingerprint density at radius 2 is 2.36 bits per heavy atom.